The SMILES string of the molecule is CC1CCC(CS(=O)(=O)c2cc(C(=O)O)ccc2Cl)O1. The summed E-state index contributed by atoms with van der Waals surface area (Å²) in [7, 11) is -3.67. The maximum absolute atomic E-state index is 12.3. The number of carbonyl (C=O) groups is 1. The highest BCUT2D eigenvalue weighted by Gasteiger charge is 2.29. The zero-order chi connectivity index (χ0) is 14.9. The van der Waals surface area contributed by atoms with Crippen molar-refractivity contribution >= 4 is 27.4 Å². The van der Waals surface area contributed by atoms with Gasteiger partial charge in [-0.1, -0.05) is 11.6 Å². The number of carboxylic acids is 1. The molecule has 7 heteroatoms. The highest BCUT2D eigenvalue weighted by atomic mass is 35.5. The van der Waals surface area contributed by atoms with E-state index < -0.39 is 15.8 Å². The maximum atomic E-state index is 12.3. The van der Waals surface area contributed by atoms with Crippen molar-refractivity contribution in [2.75, 3.05) is 5.75 Å². The molecule has 1 aromatic carbocycles. The van der Waals surface area contributed by atoms with Crippen molar-refractivity contribution in [3.8, 4) is 0 Å². The Bertz CT molecular complexity index is 626. The van der Waals surface area contributed by atoms with Crippen molar-refractivity contribution in [1.82, 2.24) is 0 Å². The van der Waals surface area contributed by atoms with Gasteiger partial charge < -0.3 is 9.84 Å². The van der Waals surface area contributed by atoms with Crippen LogP contribution in [-0.2, 0) is 14.6 Å². The van der Waals surface area contributed by atoms with Gasteiger partial charge in [0.2, 0.25) is 0 Å². The molecule has 20 heavy (non-hydrogen) atoms. The first-order chi connectivity index (χ1) is 9.29. The molecule has 5 nitrogen and oxygen atoms in total. The van der Waals surface area contributed by atoms with Gasteiger partial charge in [-0.2, -0.15) is 0 Å². The van der Waals surface area contributed by atoms with Gasteiger partial charge >= 0.3 is 5.97 Å². The number of rotatable bonds is 4. The number of benzene rings is 1. The summed E-state index contributed by atoms with van der Waals surface area (Å²) in [5, 5.41) is 8.95. The van der Waals surface area contributed by atoms with E-state index in [1.54, 1.807) is 0 Å². The quantitative estimate of drug-likeness (QED) is 0.921. The van der Waals surface area contributed by atoms with E-state index in [9.17, 15) is 13.2 Å². The molecule has 0 saturated carbocycles. The lowest BCUT2D eigenvalue weighted by Gasteiger charge is -2.13. The van der Waals surface area contributed by atoms with Crippen molar-refractivity contribution in [2.24, 2.45) is 0 Å². The lowest BCUT2D eigenvalue weighted by atomic mass is 10.2. The molecule has 1 N–H and O–H groups in total. The third kappa shape index (κ3) is 3.31. The zero-order valence-electron chi connectivity index (χ0n) is 10.9. The van der Waals surface area contributed by atoms with E-state index in [4.69, 9.17) is 21.4 Å². The first kappa shape index (κ1) is 15.3. The van der Waals surface area contributed by atoms with Gasteiger partial charge in [-0.25, -0.2) is 13.2 Å². The Morgan fingerprint density at radius 3 is 2.70 bits per heavy atom. The van der Waals surface area contributed by atoms with Crippen LogP contribution in [0.1, 0.15) is 30.1 Å². The van der Waals surface area contributed by atoms with E-state index in [2.05, 4.69) is 0 Å². The molecule has 0 aromatic heterocycles. The van der Waals surface area contributed by atoms with E-state index in [0.717, 1.165) is 12.5 Å². The molecule has 2 unspecified atom stereocenters. The normalized spacial score (nSPS) is 22.9. The van der Waals surface area contributed by atoms with Gasteiger partial charge in [0.1, 0.15) is 0 Å². The fraction of sp³-hybridized carbons (Fsp3) is 0.462. The minimum absolute atomic E-state index is 0.0287. The van der Waals surface area contributed by atoms with Crippen LogP contribution in [0.2, 0.25) is 5.02 Å². The number of carboxylic acid groups (broad SMARTS) is 1. The summed E-state index contributed by atoms with van der Waals surface area (Å²) in [6.07, 6.45) is 1.19. The van der Waals surface area contributed by atoms with Crippen LogP contribution in [0.5, 0.6) is 0 Å². The smallest absolute Gasteiger partial charge is 0.335 e. The molecule has 1 aromatic rings. The summed E-state index contributed by atoms with van der Waals surface area (Å²) in [4.78, 5) is 10.8. The molecule has 2 rings (SSSR count). The number of aromatic carboxylic acids is 1. The van der Waals surface area contributed by atoms with Crippen molar-refractivity contribution in [1.29, 1.82) is 0 Å². The lowest BCUT2D eigenvalue weighted by Crippen LogP contribution is -2.21. The van der Waals surface area contributed by atoms with Crippen LogP contribution in [0.4, 0.5) is 0 Å². The first-order valence-corrected chi connectivity index (χ1v) is 8.23. The third-order valence-corrected chi connectivity index (χ3v) is 5.50. The molecule has 0 spiro atoms. The lowest BCUT2D eigenvalue weighted by molar-refractivity contribution is 0.0688. The van der Waals surface area contributed by atoms with Gasteiger partial charge in [0.15, 0.2) is 9.84 Å². The van der Waals surface area contributed by atoms with Crippen LogP contribution in [0.25, 0.3) is 0 Å². The molecular formula is C13H15ClO5S. The minimum atomic E-state index is -3.67. The summed E-state index contributed by atoms with van der Waals surface area (Å²) in [6, 6.07) is 3.66. The Kier molecular flexibility index (Phi) is 4.36. The summed E-state index contributed by atoms with van der Waals surface area (Å²) in [5.74, 6) is -1.37. The number of sulfone groups is 1. The molecule has 110 valence electrons. The average molecular weight is 319 g/mol. The van der Waals surface area contributed by atoms with E-state index in [0.29, 0.717) is 6.42 Å². The van der Waals surface area contributed by atoms with Gasteiger partial charge in [0.05, 0.1) is 33.4 Å². The zero-order valence-corrected chi connectivity index (χ0v) is 12.4. The van der Waals surface area contributed by atoms with Gasteiger partial charge in [0.25, 0.3) is 0 Å². The van der Waals surface area contributed by atoms with Crippen LogP contribution < -0.4 is 0 Å². The molecule has 1 fully saturated rings. The van der Waals surface area contributed by atoms with Gasteiger partial charge in [-0.3, -0.25) is 0 Å². The molecule has 1 saturated heterocycles. The maximum Gasteiger partial charge on any atom is 0.335 e. The highest BCUT2D eigenvalue weighted by molar-refractivity contribution is 7.91. The van der Waals surface area contributed by atoms with Crippen LogP contribution in [0.3, 0.4) is 0 Å². The second-order valence-electron chi connectivity index (χ2n) is 4.88. The number of hydrogen-bond acceptors (Lipinski definition) is 4. The molecule has 0 bridgehead atoms. The molecule has 1 heterocycles. The number of ether oxygens (including phenoxy) is 1. The Morgan fingerprint density at radius 2 is 2.15 bits per heavy atom. The number of hydrogen-bond donors (Lipinski definition) is 1. The fourth-order valence-corrected chi connectivity index (χ4v) is 4.27. The predicted molar refractivity (Wildman–Crippen MR) is 74.0 cm³/mol. The second kappa shape index (κ2) is 5.71. The molecular weight excluding hydrogens is 304 g/mol. The largest absolute Gasteiger partial charge is 0.478 e. The van der Waals surface area contributed by atoms with Crippen LogP contribution in [0, 0.1) is 0 Å². The third-order valence-electron chi connectivity index (χ3n) is 3.24. The van der Waals surface area contributed by atoms with Crippen molar-refractivity contribution < 1.29 is 23.1 Å². The summed E-state index contributed by atoms with van der Waals surface area (Å²) < 4.78 is 30.2. The molecule has 0 radical (unpaired) electrons. The van der Waals surface area contributed by atoms with Gasteiger partial charge in [-0.05, 0) is 38.0 Å². The first-order valence-electron chi connectivity index (χ1n) is 6.20. The van der Waals surface area contributed by atoms with E-state index in [-0.39, 0.29) is 33.4 Å². The average Bonchev–Trinajstić information content (AvgIpc) is 2.73. The van der Waals surface area contributed by atoms with Crippen molar-refractivity contribution in [3.63, 3.8) is 0 Å². The fourth-order valence-electron chi connectivity index (χ4n) is 2.22. The predicted octanol–water partition coefficient (Wildman–Crippen LogP) is 2.38. The van der Waals surface area contributed by atoms with Crippen molar-refractivity contribution in [2.45, 2.75) is 36.9 Å². The summed E-state index contributed by atoms with van der Waals surface area (Å²) in [5.41, 5.74) is -0.103. The topological polar surface area (TPSA) is 80.7 Å². The van der Waals surface area contributed by atoms with Gasteiger partial charge in [0, 0.05) is 0 Å². The second-order valence-corrected chi connectivity index (χ2v) is 7.29. The van der Waals surface area contributed by atoms with Crippen LogP contribution in [-0.4, -0.2) is 37.5 Å². The van der Waals surface area contributed by atoms with Crippen LogP contribution in [0.15, 0.2) is 23.1 Å². The van der Waals surface area contributed by atoms with E-state index in [1.807, 2.05) is 6.92 Å². The summed E-state index contributed by atoms with van der Waals surface area (Å²) in [6.45, 7) is 1.89. The molecule has 0 aliphatic carbocycles. The Hall–Kier alpha value is -1.11. The Balaban J connectivity index is 2.29. The minimum Gasteiger partial charge on any atom is -0.478 e. The summed E-state index contributed by atoms with van der Waals surface area (Å²) >= 11 is 5.89. The van der Waals surface area contributed by atoms with E-state index in [1.165, 1.54) is 12.1 Å². The van der Waals surface area contributed by atoms with Gasteiger partial charge in [-0.15, -0.1) is 0 Å². The Labute approximate surface area is 122 Å². The van der Waals surface area contributed by atoms with Crippen molar-refractivity contribution in [3.05, 3.63) is 28.8 Å². The molecule has 1 aliphatic rings. The van der Waals surface area contributed by atoms with Crippen LogP contribution >= 0.6 is 11.6 Å². The Morgan fingerprint density at radius 1 is 1.45 bits per heavy atom. The number of halogens is 1. The molecule has 1 aliphatic heterocycles. The monoisotopic (exact) mass is 318 g/mol. The highest BCUT2D eigenvalue weighted by Crippen LogP contribution is 2.27. The standard InChI is InChI=1S/C13H15ClO5S/c1-8-2-4-10(19-8)7-20(17,18)12-6-9(13(15)16)3-5-11(12)14/h3,5-6,8,10H,2,4,7H2,1H3,(H,15,16). The van der Waals surface area contributed by atoms with E-state index >= 15 is 0 Å². The molecule has 0 amide bonds. The molecule has 2 atom stereocenters.